The molecule has 2 atom stereocenters. The van der Waals surface area contributed by atoms with Crippen molar-refractivity contribution in [1.29, 1.82) is 0 Å². The van der Waals surface area contributed by atoms with E-state index in [0.717, 1.165) is 11.1 Å². The van der Waals surface area contributed by atoms with Gasteiger partial charge in [0.15, 0.2) is 0 Å². The number of amides is 1. The van der Waals surface area contributed by atoms with Crippen LogP contribution in [-0.4, -0.2) is 46.2 Å². The molecule has 1 aliphatic heterocycles. The predicted molar refractivity (Wildman–Crippen MR) is 72.5 cm³/mol. The van der Waals surface area contributed by atoms with Gasteiger partial charge >= 0.3 is 0 Å². The predicted octanol–water partition coefficient (Wildman–Crippen LogP) is 1.78. The molecule has 0 aromatic carbocycles. The number of ether oxygens (including phenoxy) is 1. The molecule has 1 amide bonds. The highest BCUT2D eigenvalue weighted by molar-refractivity contribution is 5.97. The third kappa shape index (κ3) is 2.16. The van der Waals surface area contributed by atoms with Crippen LogP contribution < -0.4 is 0 Å². The highest BCUT2D eigenvalue weighted by Crippen LogP contribution is 2.20. The highest BCUT2D eigenvalue weighted by Gasteiger charge is 2.28. The van der Waals surface area contributed by atoms with Crippen molar-refractivity contribution in [3.8, 4) is 0 Å². The standard InChI is InChI=1S/C14H17N3O3/c1-8-7-19-9(2)6-17(8)14(18)11-4-12-10(3)16-20-13(12)15-5-11/h4-5,8-9H,6-7H2,1-3H3/t8-,9-/m1/s1. The minimum atomic E-state index is -0.0253. The lowest BCUT2D eigenvalue weighted by molar-refractivity contribution is -0.0387. The number of aromatic nitrogens is 2. The van der Waals surface area contributed by atoms with Crippen molar-refractivity contribution in [2.24, 2.45) is 0 Å². The lowest BCUT2D eigenvalue weighted by Crippen LogP contribution is -2.50. The van der Waals surface area contributed by atoms with E-state index in [-0.39, 0.29) is 18.1 Å². The molecule has 0 saturated carbocycles. The quantitative estimate of drug-likeness (QED) is 0.793. The van der Waals surface area contributed by atoms with Gasteiger partial charge in [-0.3, -0.25) is 4.79 Å². The first kappa shape index (κ1) is 13.1. The smallest absolute Gasteiger partial charge is 0.257 e. The van der Waals surface area contributed by atoms with Crippen LogP contribution in [0.25, 0.3) is 11.1 Å². The summed E-state index contributed by atoms with van der Waals surface area (Å²) >= 11 is 0. The van der Waals surface area contributed by atoms with Crippen LogP contribution in [0, 0.1) is 6.92 Å². The number of carbonyl (C=O) groups is 1. The summed E-state index contributed by atoms with van der Waals surface area (Å²) in [6.45, 7) is 6.95. The molecule has 2 aromatic heterocycles. The van der Waals surface area contributed by atoms with Crippen LogP contribution in [0.4, 0.5) is 0 Å². The normalized spacial score (nSPS) is 23.2. The lowest BCUT2D eigenvalue weighted by Gasteiger charge is -2.36. The second-order valence-corrected chi connectivity index (χ2v) is 5.30. The van der Waals surface area contributed by atoms with Crippen molar-refractivity contribution in [1.82, 2.24) is 15.0 Å². The molecule has 0 aliphatic carbocycles. The number of nitrogens with zero attached hydrogens (tertiary/aromatic N) is 3. The number of rotatable bonds is 1. The Kier molecular flexibility index (Phi) is 3.17. The molecule has 106 valence electrons. The molecule has 2 aromatic rings. The van der Waals surface area contributed by atoms with Gasteiger partial charge in [0.25, 0.3) is 11.6 Å². The van der Waals surface area contributed by atoms with Crippen LogP contribution >= 0.6 is 0 Å². The van der Waals surface area contributed by atoms with Gasteiger partial charge in [-0.05, 0) is 26.8 Å². The summed E-state index contributed by atoms with van der Waals surface area (Å²) in [6, 6.07) is 1.86. The first-order chi connectivity index (χ1) is 9.56. The molecule has 0 unspecified atom stereocenters. The maximum Gasteiger partial charge on any atom is 0.257 e. The molecular weight excluding hydrogens is 258 g/mol. The first-order valence-corrected chi connectivity index (χ1v) is 6.71. The van der Waals surface area contributed by atoms with E-state index >= 15 is 0 Å². The fourth-order valence-corrected chi connectivity index (χ4v) is 2.41. The SMILES string of the molecule is Cc1noc2ncc(C(=O)N3C[C@@H](C)OC[C@H]3C)cc12. The third-order valence-electron chi connectivity index (χ3n) is 3.63. The summed E-state index contributed by atoms with van der Waals surface area (Å²) in [5, 5.41) is 4.64. The summed E-state index contributed by atoms with van der Waals surface area (Å²) in [7, 11) is 0. The summed E-state index contributed by atoms with van der Waals surface area (Å²) < 4.78 is 10.6. The van der Waals surface area contributed by atoms with Crippen molar-refractivity contribution < 1.29 is 14.1 Å². The fourth-order valence-electron chi connectivity index (χ4n) is 2.41. The van der Waals surface area contributed by atoms with E-state index in [0.29, 0.717) is 24.4 Å². The number of morpholine rings is 1. The molecule has 6 heteroatoms. The van der Waals surface area contributed by atoms with Crippen molar-refractivity contribution in [2.75, 3.05) is 13.2 Å². The van der Waals surface area contributed by atoms with Crippen LogP contribution in [0.15, 0.2) is 16.8 Å². The van der Waals surface area contributed by atoms with Crippen molar-refractivity contribution in [3.63, 3.8) is 0 Å². The van der Waals surface area contributed by atoms with Crippen LogP contribution in [0.1, 0.15) is 29.9 Å². The molecule has 0 N–H and O–H groups in total. The van der Waals surface area contributed by atoms with Crippen molar-refractivity contribution in [3.05, 3.63) is 23.5 Å². The molecule has 0 bridgehead atoms. The average Bonchev–Trinajstić information content (AvgIpc) is 2.82. The van der Waals surface area contributed by atoms with Gasteiger partial charge in [0, 0.05) is 12.7 Å². The zero-order valence-electron chi connectivity index (χ0n) is 11.8. The Labute approximate surface area is 116 Å². The largest absolute Gasteiger partial charge is 0.375 e. The summed E-state index contributed by atoms with van der Waals surface area (Å²) in [5.41, 5.74) is 1.76. The van der Waals surface area contributed by atoms with E-state index in [9.17, 15) is 4.79 Å². The van der Waals surface area contributed by atoms with Gasteiger partial charge in [-0.15, -0.1) is 0 Å². The summed E-state index contributed by atoms with van der Waals surface area (Å²) in [4.78, 5) is 18.6. The Morgan fingerprint density at radius 3 is 3.05 bits per heavy atom. The number of hydrogen-bond acceptors (Lipinski definition) is 5. The van der Waals surface area contributed by atoms with E-state index in [1.165, 1.54) is 0 Å². The highest BCUT2D eigenvalue weighted by atomic mass is 16.5. The zero-order chi connectivity index (χ0) is 14.3. The van der Waals surface area contributed by atoms with Crippen molar-refractivity contribution in [2.45, 2.75) is 32.9 Å². The topological polar surface area (TPSA) is 68.5 Å². The van der Waals surface area contributed by atoms with Gasteiger partial charge < -0.3 is 14.2 Å². The van der Waals surface area contributed by atoms with E-state index in [1.807, 2.05) is 25.7 Å². The van der Waals surface area contributed by atoms with E-state index in [4.69, 9.17) is 9.26 Å². The monoisotopic (exact) mass is 275 g/mol. The van der Waals surface area contributed by atoms with Gasteiger partial charge in [0.05, 0.1) is 35.4 Å². The van der Waals surface area contributed by atoms with Gasteiger partial charge in [-0.2, -0.15) is 0 Å². The Hall–Kier alpha value is -1.95. The minimum absolute atomic E-state index is 0.0253. The fraction of sp³-hybridized carbons (Fsp3) is 0.500. The Morgan fingerprint density at radius 2 is 2.25 bits per heavy atom. The third-order valence-corrected chi connectivity index (χ3v) is 3.63. The molecule has 0 spiro atoms. The molecule has 20 heavy (non-hydrogen) atoms. The molecule has 1 saturated heterocycles. The molecule has 1 fully saturated rings. The zero-order valence-corrected chi connectivity index (χ0v) is 11.8. The van der Waals surface area contributed by atoms with Crippen LogP contribution in [-0.2, 0) is 4.74 Å². The minimum Gasteiger partial charge on any atom is -0.375 e. The second kappa shape index (κ2) is 4.86. The second-order valence-electron chi connectivity index (χ2n) is 5.30. The first-order valence-electron chi connectivity index (χ1n) is 6.71. The average molecular weight is 275 g/mol. The van der Waals surface area contributed by atoms with Crippen LogP contribution in [0.5, 0.6) is 0 Å². The molecule has 3 rings (SSSR count). The Bertz CT molecular complexity index is 652. The van der Waals surface area contributed by atoms with Crippen LogP contribution in [0.2, 0.25) is 0 Å². The molecule has 3 heterocycles. The van der Waals surface area contributed by atoms with Crippen molar-refractivity contribution >= 4 is 17.0 Å². The Morgan fingerprint density at radius 1 is 1.45 bits per heavy atom. The van der Waals surface area contributed by atoms with E-state index < -0.39 is 0 Å². The van der Waals surface area contributed by atoms with E-state index in [1.54, 1.807) is 12.3 Å². The Balaban J connectivity index is 1.93. The molecule has 1 aliphatic rings. The van der Waals surface area contributed by atoms with Gasteiger partial charge in [0.2, 0.25) is 0 Å². The lowest BCUT2D eigenvalue weighted by atomic mass is 10.1. The van der Waals surface area contributed by atoms with Gasteiger partial charge in [-0.25, -0.2) is 4.98 Å². The molecule has 6 nitrogen and oxygen atoms in total. The number of carbonyl (C=O) groups excluding carboxylic acids is 1. The van der Waals surface area contributed by atoms with Crippen LogP contribution in [0.3, 0.4) is 0 Å². The van der Waals surface area contributed by atoms with Gasteiger partial charge in [-0.1, -0.05) is 5.16 Å². The maximum atomic E-state index is 12.6. The van der Waals surface area contributed by atoms with Gasteiger partial charge in [0.1, 0.15) is 0 Å². The summed E-state index contributed by atoms with van der Waals surface area (Å²) in [5.74, 6) is -0.0253. The number of hydrogen-bond donors (Lipinski definition) is 0. The molecule has 0 radical (unpaired) electrons. The summed E-state index contributed by atoms with van der Waals surface area (Å²) in [6.07, 6.45) is 1.60. The number of fused-ring (bicyclic) bond motifs is 1. The maximum absolute atomic E-state index is 12.6. The number of aryl methyl sites for hydroxylation is 1. The molecular formula is C14H17N3O3. The van der Waals surface area contributed by atoms with E-state index in [2.05, 4.69) is 10.1 Å². The number of pyridine rings is 1.